The minimum atomic E-state index is -1.22. The number of allylic oxidation sites excluding steroid dienone is 4. The van der Waals surface area contributed by atoms with Crippen LogP contribution in [0.3, 0.4) is 0 Å². The maximum Gasteiger partial charge on any atom is 0.329 e. The van der Waals surface area contributed by atoms with Gasteiger partial charge in [0.2, 0.25) is 0 Å². The van der Waals surface area contributed by atoms with Crippen LogP contribution in [0.4, 0.5) is 10.2 Å². The third-order valence-corrected chi connectivity index (χ3v) is 7.70. The number of carbonyl (C=O) groups is 2. The van der Waals surface area contributed by atoms with Crippen molar-refractivity contribution < 1.29 is 19.1 Å². The number of aryl methyl sites for hydroxylation is 1. The molecule has 1 saturated carbocycles. The molecule has 9 nitrogen and oxygen atoms in total. The number of nitrogens with zero attached hydrogens (tertiary/aromatic N) is 4. The number of halogens is 2. The molecule has 39 heavy (non-hydrogen) atoms. The molecule has 0 aliphatic heterocycles. The van der Waals surface area contributed by atoms with Gasteiger partial charge in [-0.05, 0) is 50.5 Å². The lowest BCUT2D eigenvalue weighted by atomic mass is 9.78. The number of rotatable bonds is 8. The average Bonchev–Trinajstić information content (AvgIpc) is 3.60. The van der Waals surface area contributed by atoms with Crippen LogP contribution in [-0.4, -0.2) is 41.9 Å². The second-order valence-corrected chi connectivity index (χ2v) is 11.2. The van der Waals surface area contributed by atoms with E-state index in [0.29, 0.717) is 49.1 Å². The van der Waals surface area contributed by atoms with Crippen LogP contribution in [0, 0.1) is 18.8 Å². The van der Waals surface area contributed by atoms with Crippen molar-refractivity contribution in [3.63, 3.8) is 0 Å². The third kappa shape index (κ3) is 5.01. The van der Waals surface area contributed by atoms with Crippen LogP contribution in [0.25, 0.3) is 11.1 Å². The molecule has 2 aliphatic carbocycles. The van der Waals surface area contributed by atoms with E-state index < -0.39 is 23.2 Å². The molecule has 0 spiro atoms. The molecule has 0 aromatic carbocycles. The minimum absolute atomic E-state index is 0.0608. The van der Waals surface area contributed by atoms with Crippen LogP contribution in [0.2, 0.25) is 0 Å². The topological polar surface area (TPSA) is 136 Å². The average molecular weight is 553 g/mol. The zero-order chi connectivity index (χ0) is 28.1. The van der Waals surface area contributed by atoms with Crippen LogP contribution >= 0.6 is 11.6 Å². The van der Waals surface area contributed by atoms with Crippen molar-refractivity contribution in [2.45, 2.75) is 58.4 Å². The Balaban J connectivity index is 1.51. The predicted octanol–water partition coefficient (Wildman–Crippen LogP) is 4.84. The number of amides is 1. The maximum atomic E-state index is 15.7. The van der Waals surface area contributed by atoms with Gasteiger partial charge in [0, 0.05) is 36.1 Å². The zero-order valence-electron chi connectivity index (χ0n) is 22.0. The fraction of sp³-hybridized carbons (Fsp3) is 0.393. The molecule has 11 heteroatoms. The summed E-state index contributed by atoms with van der Waals surface area (Å²) in [6.07, 6.45) is 7.12. The van der Waals surface area contributed by atoms with Crippen molar-refractivity contribution in [2.24, 2.45) is 11.8 Å². The summed E-state index contributed by atoms with van der Waals surface area (Å²) in [5, 5.41) is 12.0. The Morgan fingerprint density at radius 3 is 2.67 bits per heavy atom. The molecule has 204 valence electrons. The van der Waals surface area contributed by atoms with E-state index in [9.17, 15) is 14.7 Å². The third-order valence-electron chi connectivity index (χ3n) is 7.38. The normalized spacial score (nSPS) is 18.7. The highest BCUT2D eigenvalue weighted by molar-refractivity contribution is 6.31. The summed E-state index contributed by atoms with van der Waals surface area (Å²) in [7, 11) is 0. The maximum absolute atomic E-state index is 15.7. The Labute approximate surface area is 230 Å². The zero-order valence-corrected chi connectivity index (χ0v) is 22.7. The van der Waals surface area contributed by atoms with Crippen LogP contribution < -0.4 is 11.1 Å². The van der Waals surface area contributed by atoms with Gasteiger partial charge in [-0.15, -0.1) is 0 Å². The van der Waals surface area contributed by atoms with Crippen LogP contribution in [0.5, 0.6) is 0 Å². The van der Waals surface area contributed by atoms with Gasteiger partial charge >= 0.3 is 5.97 Å². The number of nitrogen functional groups attached to an aromatic ring is 1. The molecule has 1 fully saturated rings. The fourth-order valence-corrected chi connectivity index (χ4v) is 5.56. The number of aliphatic carboxylic acids is 1. The Morgan fingerprint density at radius 1 is 1.31 bits per heavy atom. The number of fused-ring (bicyclic) bond motifs is 1. The number of imidazole rings is 1. The number of aromatic nitrogens is 4. The van der Waals surface area contributed by atoms with Gasteiger partial charge in [0.1, 0.15) is 34.2 Å². The molecule has 3 aromatic heterocycles. The van der Waals surface area contributed by atoms with Crippen LogP contribution in [0.15, 0.2) is 47.2 Å². The van der Waals surface area contributed by atoms with Gasteiger partial charge in [-0.2, -0.15) is 0 Å². The van der Waals surface area contributed by atoms with E-state index >= 15 is 4.39 Å². The molecule has 0 saturated heterocycles. The van der Waals surface area contributed by atoms with Gasteiger partial charge in [0.15, 0.2) is 0 Å². The molecule has 1 atom stereocenters. The molecular formula is C28H30ClFN6O3. The number of carboxylic acid groups (broad SMARTS) is 1. The summed E-state index contributed by atoms with van der Waals surface area (Å²) in [5.41, 5.74) is 8.24. The number of carboxylic acids is 1. The molecule has 3 heterocycles. The minimum Gasteiger partial charge on any atom is -0.480 e. The Morgan fingerprint density at radius 2 is 2.05 bits per heavy atom. The highest BCUT2D eigenvalue weighted by Gasteiger charge is 2.51. The first-order valence-corrected chi connectivity index (χ1v) is 13.3. The van der Waals surface area contributed by atoms with Crippen LogP contribution in [0.1, 0.15) is 67.1 Å². The van der Waals surface area contributed by atoms with Crippen molar-refractivity contribution in [3.05, 3.63) is 69.9 Å². The summed E-state index contributed by atoms with van der Waals surface area (Å²) in [5.74, 6) is -0.846. The van der Waals surface area contributed by atoms with E-state index in [1.54, 1.807) is 12.3 Å². The van der Waals surface area contributed by atoms with Gasteiger partial charge in [-0.25, -0.2) is 19.2 Å². The van der Waals surface area contributed by atoms with E-state index in [2.05, 4.69) is 29.1 Å². The van der Waals surface area contributed by atoms with Crippen molar-refractivity contribution in [1.82, 2.24) is 24.7 Å². The quantitative estimate of drug-likeness (QED) is 0.363. The highest BCUT2D eigenvalue weighted by Crippen LogP contribution is 2.45. The fourth-order valence-electron chi connectivity index (χ4n) is 5.28. The molecule has 3 aromatic rings. The first kappa shape index (κ1) is 26.8. The number of pyridine rings is 1. The Bertz CT molecular complexity index is 1540. The number of hydrogen-bond donors (Lipinski definition) is 3. The largest absolute Gasteiger partial charge is 0.480 e. The molecule has 5 rings (SSSR count). The van der Waals surface area contributed by atoms with Gasteiger partial charge in [0.25, 0.3) is 5.91 Å². The number of carbonyl (C=O) groups excluding carboxylic acids is 1. The number of nitrogens with two attached hydrogens (primary N) is 1. The van der Waals surface area contributed by atoms with E-state index in [1.807, 2.05) is 17.5 Å². The molecule has 4 N–H and O–H groups in total. The molecule has 1 unspecified atom stereocenters. The standard InChI is InChI=1S/C28H30ClFN6O3/c1-14(2)10-18-17(12-21-34-15(3)24-25(31)32-8-9-36(21)24)11-19(29)23(30)22(18)16-4-5-20(33-13-16)26(37)35-28(6-7-28)27(38)39/h4-5,8-9,13-14,17H,6-7,10-12H2,1-3H3,(H2,31,32)(H,35,37)(H,38,39). The molecule has 0 radical (unpaired) electrons. The second-order valence-electron chi connectivity index (χ2n) is 10.7. The first-order valence-electron chi connectivity index (χ1n) is 12.9. The number of hydrogen-bond acceptors (Lipinski definition) is 6. The van der Waals surface area contributed by atoms with E-state index in [-0.39, 0.29) is 22.6 Å². The SMILES string of the molecule is Cc1nc(CC2CC(Cl)=C(F)C(c3ccc(C(=O)NC4(C(=O)O)CC4)nc3)=C2CC(C)C)n2ccnc(N)c12. The van der Waals surface area contributed by atoms with Crippen molar-refractivity contribution in [3.8, 4) is 0 Å². The summed E-state index contributed by atoms with van der Waals surface area (Å²) in [6, 6.07) is 3.11. The Hall–Kier alpha value is -3.79. The van der Waals surface area contributed by atoms with Crippen LogP contribution in [-0.2, 0) is 11.2 Å². The van der Waals surface area contributed by atoms with E-state index in [4.69, 9.17) is 22.3 Å². The first-order chi connectivity index (χ1) is 18.5. The van der Waals surface area contributed by atoms with E-state index in [1.165, 1.54) is 12.3 Å². The number of anilines is 1. The van der Waals surface area contributed by atoms with Gasteiger partial charge in [0.05, 0.1) is 10.7 Å². The molecule has 1 amide bonds. The summed E-state index contributed by atoms with van der Waals surface area (Å²) < 4.78 is 17.6. The summed E-state index contributed by atoms with van der Waals surface area (Å²) >= 11 is 6.49. The Kier molecular flexibility index (Phi) is 6.92. The lowest BCUT2D eigenvalue weighted by molar-refractivity contribution is -0.140. The van der Waals surface area contributed by atoms with Crippen molar-refractivity contribution >= 4 is 40.4 Å². The smallest absolute Gasteiger partial charge is 0.329 e. The lowest BCUT2D eigenvalue weighted by Gasteiger charge is -2.29. The summed E-state index contributed by atoms with van der Waals surface area (Å²) in [6.45, 7) is 6.02. The van der Waals surface area contributed by atoms with Crippen molar-refractivity contribution in [2.75, 3.05) is 5.73 Å². The van der Waals surface area contributed by atoms with Gasteiger partial charge in [-0.3, -0.25) is 14.2 Å². The predicted molar refractivity (Wildman–Crippen MR) is 146 cm³/mol. The molecule has 0 bridgehead atoms. The van der Waals surface area contributed by atoms with Gasteiger partial charge in [-0.1, -0.05) is 37.1 Å². The monoisotopic (exact) mass is 552 g/mol. The molecular weight excluding hydrogens is 523 g/mol. The summed E-state index contributed by atoms with van der Waals surface area (Å²) in [4.78, 5) is 37.2. The van der Waals surface area contributed by atoms with Gasteiger partial charge < -0.3 is 16.2 Å². The highest BCUT2D eigenvalue weighted by atomic mass is 35.5. The van der Waals surface area contributed by atoms with E-state index in [0.717, 1.165) is 22.6 Å². The molecule has 2 aliphatic rings. The lowest BCUT2D eigenvalue weighted by Crippen LogP contribution is -2.43. The van der Waals surface area contributed by atoms with Crippen molar-refractivity contribution in [1.29, 1.82) is 0 Å². The number of nitrogens with one attached hydrogen (secondary N) is 1. The second kappa shape index (κ2) is 10.1.